The highest BCUT2D eigenvalue weighted by molar-refractivity contribution is 8.35. The molecule has 0 spiro atoms. The summed E-state index contributed by atoms with van der Waals surface area (Å²) in [6, 6.07) is 10.3. The smallest absolute Gasteiger partial charge is 0.0584 e. The van der Waals surface area contributed by atoms with E-state index in [9.17, 15) is 0 Å². The molecule has 0 radical (unpaired) electrons. The van der Waals surface area contributed by atoms with Gasteiger partial charge in [-0.1, -0.05) is 92.4 Å². The zero-order valence-corrected chi connectivity index (χ0v) is 28.7. The van der Waals surface area contributed by atoms with Gasteiger partial charge in [0.15, 0.2) is 0 Å². The molecule has 0 fully saturated rings. The quantitative estimate of drug-likeness (QED) is 0.154. The van der Waals surface area contributed by atoms with Crippen LogP contribution in [0.3, 0.4) is 0 Å². The fourth-order valence-electron chi connectivity index (χ4n) is 5.65. The van der Waals surface area contributed by atoms with E-state index in [0.29, 0.717) is 0 Å². The van der Waals surface area contributed by atoms with Gasteiger partial charge in [0.05, 0.1) is 14.0 Å². The van der Waals surface area contributed by atoms with E-state index in [4.69, 9.17) is 0 Å². The topological polar surface area (TPSA) is 0 Å². The third-order valence-electron chi connectivity index (χ3n) is 7.52. The number of unbranched alkanes of at least 4 members (excludes halogenated alkanes) is 6. The summed E-state index contributed by atoms with van der Waals surface area (Å²) in [6.45, 7) is 15.9. The summed E-state index contributed by atoms with van der Waals surface area (Å²) < 4.78 is 1.70. The van der Waals surface area contributed by atoms with E-state index in [1.165, 1.54) is 99.0 Å². The van der Waals surface area contributed by atoms with Crippen LogP contribution in [-0.4, -0.2) is 5.75 Å². The van der Waals surface area contributed by atoms with Gasteiger partial charge >= 0.3 is 0 Å². The minimum absolute atomic E-state index is 0.837. The minimum Gasteiger partial charge on any atom is -0.148 e. The molecule has 0 saturated carbocycles. The van der Waals surface area contributed by atoms with Crippen LogP contribution in [0.2, 0.25) is 0 Å². The maximum atomic E-state index is 2.60. The fraction of sp³-hybridized carbons (Fsp3) is 0.647. The van der Waals surface area contributed by atoms with Crippen molar-refractivity contribution in [1.29, 1.82) is 0 Å². The molecule has 4 heteroatoms. The van der Waals surface area contributed by atoms with Crippen LogP contribution in [0.25, 0.3) is 9.75 Å². The number of hydrogen-bond acceptors (Lipinski definition) is 3. The average molecular weight is 591 g/mol. The summed E-state index contributed by atoms with van der Waals surface area (Å²) in [5.41, 5.74) is 0. The summed E-state index contributed by atoms with van der Waals surface area (Å²) in [5, 5.41) is 0. The Hall–Kier alpha value is -0.550. The third-order valence-corrected chi connectivity index (χ3v) is 16.0. The lowest BCUT2D eigenvalue weighted by Crippen LogP contribution is -2.14. The first-order valence-corrected chi connectivity index (χ1v) is 19.8. The van der Waals surface area contributed by atoms with Crippen molar-refractivity contribution < 1.29 is 0 Å². The molecule has 0 atom stereocenters. The Morgan fingerprint density at radius 2 is 1.18 bits per heavy atom. The second-order valence-electron chi connectivity index (χ2n) is 11.2. The molecule has 0 amide bonds. The predicted octanol–water partition coefficient (Wildman–Crippen LogP) is 13.7. The van der Waals surface area contributed by atoms with Crippen molar-refractivity contribution in [2.45, 2.75) is 146 Å². The molecule has 3 aromatic rings. The summed E-state index contributed by atoms with van der Waals surface area (Å²) >= 11 is 6.29. The van der Waals surface area contributed by atoms with E-state index in [0.717, 1.165) is 5.92 Å². The fourth-order valence-corrected chi connectivity index (χ4v) is 15.5. The molecule has 0 aromatic carbocycles. The van der Waals surface area contributed by atoms with Crippen molar-refractivity contribution in [3.05, 3.63) is 38.9 Å². The molecule has 0 aliphatic carbocycles. The molecule has 0 N–H and O–H groups in total. The van der Waals surface area contributed by atoms with Crippen molar-refractivity contribution in [1.82, 2.24) is 0 Å². The third kappa shape index (κ3) is 7.59. The number of fused-ring (bicyclic) bond motifs is 3. The summed E-state index contributed by atoms with van der Waals surface area (Å²) in [7, 11) is -1.16. The second-order valence-corrected chi connectivity index (χ2v) is 18.3. The van der Waals surface area contributed by atoms with Crippen LogP contribution in [-0.2, 0) is 6.42 Å². The SMILES string of the molecule is CCC.CCCCCCCc1ccc(S2(CC(CCCC)CCCC)c3cc(C)sc3-c3sc(C)cc32)s1. The van der Waals surface area contributed by atoms with Gasteiger partial charge < -0.3 is 0 Å². The highest BCUT2D eigenvalue weighted by Gasteiger charge is 2.45. The van der Waals surface area contributed by atoms with Gasteiger partial charge in [-0.15, -0.1) is 44.0 Å². The van der Waals surface area contributed by atoms with E-state index >= 15 is 0 Å². The maximum Gasteiger partial charge on any atom is 0.0584 e. The van der Waals surface area contributed by atoms with Crippen LogP contribution >= 0.6 is 44.0 Å². The summed E-state index contributed by atoms with van der Waals surface area (Å²) in [6.07, 6.45) is 17.6. The molecular formula is C34H54S4. The van der Waals surface area contributed by atoms with Crippen molar-refractivity contribution in [3.63, 3.8) is 0 Å². The zero-order valence-electron chi connectivity index (χ0n) is 25.4. The van der Waals surface area contributed by atoms with Crippen LogP contribution in [0.15, 0.2) is 38.3 Å². The first kappa shape index (κ1) is 32.0. The number of aryl methyl sites for hydroxylation is 3. The average Bonchev–Trinajstić information content (AvgIpc) is 3.65. The van der Waals surface area contributed by atoms with E-state index in [1.54, 1.807) is 28.6 Å². The highest BCUT2D eigenvalue weighted by atomic mass is 32.3. The van der Waals surface area contributed by atoms with Gasteiger partial charge in [0.2, 0.25) is 0 Å². The molecule has 0 nitrogen and oxygen atoms in total. The first-order valence-electron chi connectivity index (χ1n) is 15.6. The largest absolute Gasteiger partial charge is 0.148 e. The van der Waals surface area contributed by atoms with Crippen LogP contribution in [0, 0.1) is 19.8 Å². The van der Waals surface area contributed by atoms with Gasteiger partial charge in [0, 0.05) is 24.4 Å². The van der Waals surface area contributed by atoms with Gasteiger partial charge in [-0.2, -0.15) is 0 Å². The first-order chi connectivity index (χ1) is 18.4. The predicted molar refractivity (Wildman–Crippen MR) is 180 cm³/mol. The van der Waals surface area contributed by atoms with Crippen LogP contribution in [0.4, 0.5) is 0 Å². The van der Waals surface area contributed by atoms with Crippen molar-refractivity contribution in [2.24, 2.45) is 5.92 Å². The molecule has 1 aliphatic heterocycles. The van der Waals surface area contributed by atoms with Gasteiger partial charge in [0.1, 0.15) is 0 Å². The lowest BCUT2D eigenvalue weighted by atomic mass is 9.98. The molecule has 214 valence electrons. The van der Waals surface area contributed by atoms with Gasteiger partial charge in [-0.25, -0.2) is 0 Å². The normalized spacial score (nSPS) is 14.3. The van der Waals surface area contributed by atoms with Crippen LogP contribution in [0.1, 0.15) is 126 Å². The Bertz CT molecular complexity index is 1030. The number of rotatable bonds is 15. The summed E-state index contributed by atoms with van der Waals surface area (Å²) in [4.78, 5) is 11.3. The number of hydrogen-bond donors (Lipinski definition) is 0. The molecule has 38 heavy (non-hydrogen) atoms. The Morgan fingerprint density at radius 3 is 1.71 bits per heavy atom. The van der Waals surface area contributed by atoms with E-state index in [2.05, 4.69) is 107 Å². The highest BCUT2D eigenvalue weighted by Crippen LogP contribution is 2.80. The van der Waals surface area contributed by atoms with E-state index in [-0.39, 0.29) is 0 Å². The molecule has 0 unspecified atom stereocenters. The molecular weight excluding hydrogens is 537 g/mol. The maximum absolute atomic E-state index is 2.60. The van der Waals surface area contributed by atoms with Crippen LogP contribution < -0.4 is 0 Å². The van der Waals surface area contributed by atoms with E-state index in [1.807, 2.05) is 0 Å². The lowest BCUT2D eigenvalue weighted by Gasteiger charge is -2.39. The molecule has 3 aromatic heterocycles. The number of thiophene rings is 3. The standard InChI is InChI=1S/C31H46S4.C3H8/c1-6-9-12-13-14-17-26-18-19-29(34-26)35(22-25(15-10-7-2)16-11-8-3)27-20-23(4)32-30(27)31-28(35)21-24(5)33-31;1-3-2/h18-21,25H,6-17,22H2,1-5H3;3H2,1-2H3. The Balaban J connectivity index is 0.00000127. The zero-order chi connectivity index (χ0) is 27.5. The molecule has 1 aliphatic rings. The Morgan fingerprint density at radius 1 is 0.658 bits per heavy atom. The lowest BCUT2D eigenvalue weighted by molar-refractivity contribution is 0.459. The van der Waals surface area contributed by atoms with Crippen molar-refractivity contribution in [2.75, 3.05) is 5.75 Å². The van der Waals surface area contributed by atoms with Gasteiger partial charge in [0.25, 0.3) is 0 Å². The molecule has 0 bridgehead atoms. The second kappa shape index (κ2) is 16.0. The molecule has 4 rings (SSSR count). The van der Waals surface area contributed by atoms with Crippen molar-refractivity contribution in [3.8, 4) is 9.75 Å². The Labute approximate surface area is 249 Å². The van der Waals surface area contributed by atoms with Gasteiger partial charge in [-0.3, -0.25) is 0 Å². The van der Waals surface area contributed by atoms with Crippen molar-refractivity contribution >= 4 is 44.0 Å². The molecule has 4 heterocycles. The Kier molecular flexibility index (Phi) is 13.5. The summed E-state index contributed by atoms with van der Waals surface area (Å²) in [5.74, 6) is 2.21. The van der Waals surface area contributed by atoms with Crippen LogP contribution in [0.5, 0.6) is 0 Å². The van der Waals surface area contributed by atoms with E-state index < -0.39 is 10.0 Å². The monoisotopic (exact) mass is 590 g/mol. The van der Waals surface area contributed by atoms with Gasteiger partial charge in [-0.05, 0) is 75.5 Å². The minimum atomic E-state index is -1.16. The molecule has 0 saturated heterocycles.